The zero-order chi connectivity index (χ0) is 22.1. The second-order valence-electron chi connectivity index (χ2n) is 6.23. The van der Waals surface area contributed by atoms with Gasteiger partial charge >= 0.3 is 6.61 Å². The van der Waals surface area contributed by atoms with Gasteiger partial charge in [0.2, 0.25) is 0 Å². The molecule has 0 unspecified atom stereocenters. The fourth-order valence-electron chi connectivity index (χ4n) is 2.97. The molecule has 0 saturated carbocycles. The predicted molar refractivity (Wildman–Crippen MR) is 109 cm³/mol. The summed E-state index contributed by atoms with van der Waals surface area (Å²) in [5.41, 5.74) is 1.91. The summed E-state index contributed by atoms with van der Waals surface area (Å²) >= 11 is 0. The van der Waals surface area contributed by atoms with Crippen LogP contribution in [0.1, 0.15) is 21.5 Å². The van der Waals surface area contributed by atoms with Gasteiger partial charge in [-0.25, -0.2) is 0 Å². The summed E-state index contributed by atoms with van der Waals surface area (Å²) in [7, 11) is 4.41. The summed E-state index contributed by atoms with van der Waals surface area (Å²) in [4.78, 5) is 12.6. The van der Waals surface area contributed by atoms with Gasteiger partial charge in [-0.1, -0.05) is 12.1 Å². The molecule has 0 fully saturated rings. The van der Waals surface area contributed by atoms with Crippen molar-refractivity contribution in [3.8, 4) is 23.0 Å². The van der Waals surface area contributed by atoms with Crippen molar-refractivity contribution in [2.24, 2.45) is 0 Å². The van der Waals surface area contributed by atoms with Crippen LogP contribution in [0.5, 0.6) is 23.0 Å². The molecule has 0 radical (unpaired) electrons. The molecule has 0 heterocycles. The molecule has 0 atom stereocenters. The number of alkyl halides is 2. The van der Waals surface area contributed by atoms with E-state index in [4.69, 9.17) is 14.2 Å². The van der Waals surface area contributed by atoms with Crippen molar-refractivity contribution in [3.05, 3.63) is 59.7 Å². The maximum Gasteiger partial charge on any atom is 0.387 e. The standard InChI is InChI=1S/C22H25F2NO5/c1-5-6-15-12-16(13-19(28-3)20(15)29-4)21(26)25-10-9-14-7-8-17(27-2)18(11-14)30-22(23)24/h5,7-8,11-13,22H,1,6,9-10H2,2-4H3,(H,25,26). The minimum absolute atomic E-state index is 0.0507. The maximum atomic E-state index is 12.6. The average molecular weight is 421 g/mol. The van der Waals surface area contributed by atoms with Crippen molar-refractivity contribution in [2.45, 2.75) is 19.5 Å². The number of benzene rings is 2. The molecule has 30 heavy (non-hydrogen) atoms. The number of methoxy groups -OCH3 is 3. The second kappa shape index (κ2) is 11.0. The van der Waals surface area contributed by atoms with Crippen LogP contribution < -0.4 is 24.3 Å². The Kier molecular flexibility index (Phi) is 8.46. The third-order valence-corrected chi connectivity index (χ3v) is 4.33. The molecule has 2 aromatic rings. The van der Waals surface area contributed by atoms with Gasteiger partial charge in [-0.15, -0.1) is 6.58 Å². The average Bonchev–Trinajstić information content (AvgIpc) is 2.73. The molecule has 6 nitrogen and oxygen atoms in total. The molecule has 0 aliphatic rings. The van der Waals surface area contributed by atoms with Crippen LogP contribution >= 0.6 is 0 Å². The smallest absolute Gasteiger partial charge is 0.387 e. The van der Waals surface area contributed by atoms with Gasteiger partial charge in [-0.2, -0.15) is 8.78 Å². The van der Waals surface area contributed by atoms with Crippen LogP contribution in [-0.4, -0.2) is 40.4 Å². The van der Waals surface area contributed by atoms with Crippen LogP contribution in [0.3, 0.4) is 0 Å². The Bertz CT molecular complexity index is 886. The summed E-state index contributed by atoms with van der Waals surface area (Å²) in [6.45, 7) is 1.06. The topological polar surface area (TPSA) is 66.0 Å². The van der Waals surface area contributed by atoms with Crippen LogP contribution in [0, 0.1) is 0 Å². The number of hydrogen-bond donors (Lipinski definition) is 1. The molecule has 0 aliphatic heterocycles. The Morgan fingerprint density at radius 1 is 1.07 bits per heavy atom. The number of hydrogen-bond acceptors (Lipinski definition) is 5. The molecule has 1 N–H and O–H groups in total. The SMILES string of the molecule is C=CCc1cc(C(=O)NCCc2ccc(OC)c(OC(F)F)c2)cc(OC)c1OC. The van der Waals surface area contributed by atoms with Crippen LogP contribution in [0.15, 0.2) is 43.0 Å². The van der Waals surface area contributed by atoms with Crippen molar-refractivity contribution in [2.75, 3.05) is 27.9 Å². The predicted octanol–water partition coefficient (Wildman–Crippen LogP) is 4.01. The Hall–Kier alpha value is -3.29. The fraction of sp³-hybridized carbons (Fsp3) is 0.318. The molecular weight excluding hydrogens is 396 g/mol. The van der Waals surface area contributed by atoms with Crippen molar-refractivity contribution >= 4 is 5.91 Å². The lowest BCUT2D eigenvalue weighted by Gasteiger charge is -2.15. The second-order valence-corrected chi connectivity index (χ2v) is 6.23. The van der Waals surface area contributed by atoms with E-state index in [-0.39, 0.29) is 17.4 Å². The molecule has 0 spiro atoms. The first-order valence-corrected chi connectivity index (χ1v) is 9.19. The van der Waals surface area contributed by atoms with E-state index < -0.39 is 6.61 Å². The molecule has 0 bridgehead atoms. The minimum Gasteiger partial charge on any atom is -0.493 e. The van der Waals surface area contributed by atoms with Gasteiger partial charge in [0.05, 0.1) is 21.3 Å². The number of carbonyl (C=O) groups excluding carboxylic acids is 1. The molecule has 2 aromatic carbocycles. The van der Waals surface area contributed by atoms with Gasteiger partial charge in [0.1, 0.15) is 0 Å². The van der Waals surface area contributed by atoms with Crippen molar-refractivity contribution in [3.63, 3.8) is 0 Å². The molecule has 8 heteroatoms. The Morgan fingerprint density at radius 3 is 2.40 bits per heavy atom. The fourth-order valence-corrected chi connectivity index (χ4v) is 2.97. The third-order valence-electron chi connectivity index (χ3n) is 4.33. The summed E-state index contributed by atoms with van der Waals surface area (Å²) in [6.07, 6.45) is 2.64. The number of carbonyl (C=O) groups is 1. The number of amides is 1. The first-order chi connectivity index (χ1) is 14.4. The highest BCUT2D eigenvalue weighted by molar-refractivity contribution is 5.95. The van der Waals surface area contributed by atoms with Crippen molar-refractivity contribution in [1.29, 1.82) is 0 Å². The van der Waals surface area contributed by atoms with Gasteiger partial charge < -0.3 is 24.3 Å². The molecular formula is C22H25F2NO5. The zero-order valence-electron chi connectivity index (χ0n) is 17.2. The largest absolute Gasteiger partial charge is 0.493 e. The van der Waals surface area contributed by atoms with Crippen molar-refractivity contribution in [1.82, 2.24) is 5.32 Å². The minimum atomic E-state index is -2.95. The Balaban J connectivity index is 2.09. The third kappa shape index (κ3) is 5.85. The molecule has 0 aromatic heterocycles. The first kappa shape index (κ1) is 23.0. The van der Waals surface area contributed by atoms with Gasteiger partial charge in [0.25, 0.3) is 5.91 Å². The van der Waals surface area contributed by atoms with E-state index in [0.29, 0.717) is 42.0 Å². The lowest BCUT2D eigenvalue weighted by atomic mass is 10.0. The highest BCUT2D eigenvalue weighted by atomic mass is 19.3. The Labute approximate surface area is 174 Å². The van der Waals surface area contributed by atoms with Crippen LogP contribution in [0.25, 0.3) is 0 Å². The van der Waals surface area contributed by atoms with E-state index in [1.807, 2.05) is 0 Å². The van der Waals surface area contributed by atoms with Crippen molar-refractivity contribution < 1.29 is 32.5 Å². The zero-order valence-corrected chi connectivity index (χ0v) is 17.2. The van der Waals surface area contributed by atoms with Gasteiger partial charge in [0.15, 0.2) is 23.0 Å². The molecule has 0 saturated heterocycles. The molecule has 2 rings (SSSR count). The highest BCUT2D eigenvalue weighted by Crippen LogP contribution is 2.33. The number of ether oxygens (including phenoxy) is 4. The van der Waals surface area contributed by atoms with E-state index in [1.165, 1.54) is 27.4 Å². The summed E-state index contributed by atoms with van der Waals surface area (Å²) in [5, 5.41) is 2.81. The molecule has 1 amide bonds. The van der Waals surface area contributed by atoms with E-state index >= 15 is 0 Å². The molecule has 162 valence electrons. The number of rotatable bonds is 11. The quantitative estimate of drug-likeness (QED) is 0.556. The number of halogens is 2. The van der Waals surface area contributed by atoms with Gasteiger partial charge in [-0.3, -0.25) is 4.79 Å². The van der Waals surface area contributed by atoms with Crippen LogP contribution in [0.4, 0.5) is 8.78 Å². The normalized spacial score (nSPS) is 10.5. The lowest BCUT2D eigenvalue weighted by Crippen LogP contribution is -2.26. The molecule has 0 aliphatic carbocycles. The Morgan fingerprint density at radius 2 is 1.80 bits per heavy atom. The van der Waals surface area contributed by atoms with Crippen LogP contribution in [0.2, 0.25) is 0 Å². The van der Waals surface area contributed by atoms with E-state index in [1.54, 1.807) is 30.3 Å². The lowest BCUT2D eigenvalue weighted by molar-refractivity contribution is -0.0512. The van der Waals surface area contributed by atoms with E-state index in [2.05, 4.69) is 16.6 Å². The first-order valence-electron chi connectivity index (χ1n) is 9.19. The van der Waals surface area contributed by atoms with Gasteiger partial charge in [0, 0.05) is 17.7 Å². The maximum absolute atomic E-state index is 12.6. The summed E-state index contributed by atoms with van der Waals surface area (Å²) in [5.74, 6) is 0.872. The van der Waals surface area contributed by atoms with E-state index in [0.717, 1.165) is 5.56 Å². The van der Waals surface area contributed by atoms with Crippen LogP contribution in [-0.2, 0) is 12.8 Å². The summed E-state index contributed by atoms with van der Waals surface area (Å²) in [6, 6.07) is 8.06. The monoisotopic (exact) mass is 421 g/mol. The number of allylic oxidation sites excluding steroid dienone is 1. The van der Waals surface area contributed by atoms with E-state index in [9.17, 15) is 13.6 Å². The van der Waals surface area contributed by atoms with Gasteiger partial charge in [-0.05, 0) is 42.7 Å². The number of nitrogens with one attached hydrogen (secondary N) is 1. The summed E-state index contributed by atoms with van der Waals surface area (Å²) < 4.78 is 45.3. The highest BCUT2D eigenvalue weighted by Gasteiger charge is 2.16.